The fourth-order valence-electron chi connectivity index (χ4n) is 3.50. The zero-order valence-corrected chi connectivity index (χ0v) is 16.3. The Morgan fingerprint density at radius 3 is 2.66 bits per heavy atom. The van der Waals surface area contributed by atoms with Crippen molar-refractivity contribution in [3.63, 3.8) is 0 Å². The Hall–Kier alpha value is -3.20. The number of carbonyl (C=O) groups excluding carboxylic acids is 3. The summed E-state index contributed by atoms with van der Waals surface area (Å²) in [6.07, 6.45) is 0.777. The molecule has 2 aliphatic heterocycles. The fourth-order valence-corrected chi connectivity index (χ4v) is 4.62. The Bertz CT molecular complexity index is 1050. The Morgan fingerprint density at radius 2 is 1.90 bits per heavy atom. The molecule has 29 heavy (non-hydrogen) atoms. The highest BCUT2D eigenvalue weighted by Crippen LogP contribution is 2.37. The van der Waals surface area contributed by atoms with Gasteiger partial charge in [0.2, 0.25) is 5.91 Å². The van der Waals surface area contributed by atoms with Crippen LogP contribution in [0.4, 0.5) is 11.4 Å². The van der Waals surface area contributed by atoms with E-state index in [1.165, 1.54) is 12.1 Å². The molecule has 2 heterocycles. The van der Waals surface area contributed by atoms with E-state index in [2.05, 4.69) is 6.92 Å². The third-order valence-electron chi connectivity index (χ3n) is 5.00. The van der Waals surface area contributed by atoms with Crippen LogP contribution < -0.4 is 4.90 Å². The Kier molecular flexibility index (Phi) is 4.83. The molecule has 0 aliphatic carbocycles. The maximum Gasteiger partial charge on any atom is 0.270 e. The second-order valence-electron chi connectivity index (χ2n) is 6.91. The lowest BCUT2D eigenvalue weighted by Gasteiger charge is -2.24. The quantitative estimate of drug-likeness (QED) is 0.437. The van der Waals surface area contributed by atoms with Gasteiger partial charge in [0.25, 0.3) is 17.5 Å². The number of non-ortho nitro benzene ring substituents is 1. The molecular weight excluding hydrogens is 394 g/mol. The summed E-state index contributed by atoms with van der Waals surface area (Å²) in [5.41, 5.74) is 0.524. The lowest BCUT2D eigenvalue weighted by Crippen LogP contribution is -2.43. The second-order valence-corrected chi connectivity index (χ2v) is 8.39. The molecule has 4 rings (SSSR count). The minimum absolute atomic E-state index is 0.0440. The summed E-state index contributed by atoms with van der Waals surface area (Å²) in [6.45, 7) is 2.17. The van der Waals surface area contributed by atoms with Gasteiger partial charge in [0.05, 0.1) is 21.7 Å². The van der Waals surface area contributed by atoms with E-state index in [1.807, 2.05) is 24.3 Å². The van der Waals surface area contributed by atoms with Crippen molar-refractivity contribution < 1.29 is 19.3 Å². The number of nitro benzene ring substituents is 1. The van der Waals surface area contributed by atoms with Gasteiger partial charge in [-0.15, -0.1) is 11.8 Å². The topological polar surface area (TPSA) is 101 Å². The normalized spacial score (nSPS) is 18.3. The molecule has 0 radical (unpaired) electrons. The number of para-hydroxylation sites is 1. The van der Waals surface area contributed by atoms with Gasteiger partial charge in [-0.05, 0) is 24.6 Å². The van der Waals surface area contributed by atoms with Crippen LogP contribution in [-0.4, -0.2) is 45.9 Å². The van der Waals surface area contributed by atoms with Gasteiger partial charge in [-0.3, -0.25) is 29.4 Å². The van der Waals surface area contributed by atoms with E-state index in [0.717, 1.165) is 28.0 Å². The summed E-state index contributed by atoms with van der Waals surface area (Å²) >= 11 is 1.69. The predicted octanol–water partition coefficient (Wildman–Crippen LogP) is 3.11. The lowest BCUT2D eigenvalue weighted by molar-refractivity contribution is -0.384. The molecule has 0 saturated heterocycles. The second kappa shape index (κ2) is 7.32. The largest absolute Gasteiger partial charge is 0.310 e. The summed E-state index contributed by atoms with van der Waals surface area (Å²) in [4.78, 5) is 52.1. The summed E-state index contributed by atoms with van der Waals surface area (Å²) in [5.74, 6) is -1.66. The van der Waals surface area contributed by atoms with Crippen LogP contribution in [0.5, 0.6) is 0 Å². The summed E-state index contributed by atoms with van der Waals surface area (Å²) < 4.78 is 0. The molecule has 0 N–H and O–H groups in total. The number of hydrogen-bond acceptors (Lipinski definition) is 6. The number of benzene rings is 2. The van der Waals surface area contributed by atoms with E-state index in [4.69, 9.17) is 0 Å². The first-order valence-corrected chi connectivity index (χ1v) is 9.95. The van der Waals surface area contributed by atoms with E-state index in [1.54, 1.807) is 16.7 Å². The smallest absolute Gasteiger partial charge is 0.270 e. The highest BCUT2D eigenvalue weighted by molar-refractivity contribution is 8.00. The number of thioether (sulfide) groups is 1. The zero-order valence-electron chi connectivity index (χ0n) is 15.5. The van der Waals surface area contributed by atoms with Crippen molar-refractivity contribution in [2.24, 2.45) is 0 Å². The SMILES string of the molecule is C[C@@H]1CCN(C(=O)CN2C(=O)c3ccc([N+](=O)[O-])cc3C2=O)c2ccccc2S1. The van der Waals surface area contributed by atoms with Crippen molar-refractivity contribution in [1.29, 1.82) is 0 Å². The molecule has 8 nitrogen and oxygen atoms in total. The molecule has 1 atom stereocenters. The zero-order chi connectivity index (χ0) is 20.7. The van der Waals surface area contributed by atoms with Gasteiger partial charge in [-0.1, -0.05) is 19.1 Å². The number of carbonyl (C=O) groups is 3. The molecule has 148 valence electrons. The van der Waals surface area contributed by atoms with Crippen molar-refractivity contribution in [2.75, 3.05) is 18.0 Å². The number of nitro groups is 1. The van der Waals surface area contributed by atoms with Gasteiger partial charge in [-0.2, -0.15) is 0 Å². The Labute approximate surface area is 170 Å². The van der Waals surface area contributed by atoms with E-state index in [-0.39, 0.29) is 22.7 Å². The molecule has 0 unspecified atom stereocenters. The standard InChI is InChI=1S/C20H17N3O5S/c1-12-8-9-21(16-4-2-3-5-17(16)29-12)18(24)11-22-19(25)14-7-6-13(23(27)28)10-15(14)20(22)26/h2-7,10,12H,8-9,11H2,1H3/t12-/m1/s1. The van der Waals surface area contributed by atoms with Gasteiger partial charge in [0.15, 0.2) is 0 Å². The van der Waals surface area contributed by atoms with Crippen LogP contribution in [-0.2, 0) is 4.79 Å². The Balaban J connectivity index is 1.60. The van der Waals surface area contributed by atoms with Gasteiger partial charge in [0.1, 0.15) is 6.54 Å². The van der Waals surface area contributed by atoms with E-state index in [9.17, 15) is 24.5 Å². The summed E-state index contributed by atoms with van der Waals surface area (Å²) in [5, 5.41) is 11.3. The molecule has 2 aliphatic rings. The third-order valence-corrected chi connectivity index (χ3v) is 6.24. The highest BCUT2D eigenvalue weighted by atomic mass is 32.2. The molecule has 0 aromatic heterocycles. The predicted molar refractivity (Wildman–Crippen MR) is 107 cm³/mol. The van der Waals surface area contributed by atoms with Crippen molar-refractivity contribution >= 4 is 40.9 Å². The van der Waals surface area contributed by atoms with Gasteiger partial charge >= 0.3 is 0 Å². The Morgan fingerprint density at radius 1 is 1.17 bits per heavy atom. The van der Waals surface area contributed by atoms with Gasteiger partial charge < -0.3 is 4.90 Å². The van der Waals surface area contributed by atoms with Crippen LogP contribution in [0.1, 0.15) is 34.1 Å². The van der Waals surface area contributed by atoms with E-state index in [0.29, 0.717) is 11.8 Å². The first kappa shape index (κ1) is 19.1. The van der Waals surface area contributed by atoms with Gasteiger partial charge in [-0.25, -0.2) is 0 Å². The maximum absolute atomic E-state index is 13.1. The van der Waals surface area contributed by atoms with Crippen molar-refractivity contribution in [2.45, 2.75) is 23.5 Å². The first-order valence-electron chi connectivity index (χ1n) is 9.07. The van der Waals surface area contributed by atoms with E-state index < -0.39 is 23.3 Å². The molecule has 0 bridgehead atoms. The minimum Gasteiger partial charge on any atom is -0.310 e. The van der Waals surface area contributed by atoms with E-state index >= 15 is 0 Å². The number of fused-ring (bicyclic) bond motifs is 2. The number of hydrogen-bond donors (Lipinski definition) is 0. The number of rotatable bonds is 3. The highest BCUT2D eigenvalue weighted by Gasteiger charge is 2.39. The fraction of sp³-hybridized carbons (Fsp3) is 0.250. The average Bonchev–Trinajstić information content (AvgIpc) is 2.84. The molecule has 0 spiro atoms. The number of imide groups is 1. The van der Waals surface area contributed by atoms with Crippen LogP contribution in [0.25, 0.3) is 0 Å². The number of nitrogens with zero attached hydrogens (tertiary/aromatic N) is 3. The average molecular weight is 411 g/mol. The van der Waals surface area contributed by atoms with Crippen LogP contribution in [0.2, 0.25) is 0 Å². The summed E-state index contributed by atoms with van der Waals surface area (Å²) in [6, 6.07) is 11.1. The first-order chi connectivity index (χ1) is 13.9. The minimum atomic E-state index is -0.687. The molecule has 3 amide bonds. The van der Waals surface area contributed by atoms with Crippen molar-refractivity contribution in [1.82, 2.24) is 4.90 Å². The number of amides is 3. The van der Waals surface area contributed by atoms with Crippen LogP contribution >= 0.6 is 11.8 Å². The third kappa shape index (κ3) is 3.38. The molecule has 0 saturated carbocycles. The van der Waals surface area contributed by atoms with Crippen LogP contribution in [0.15, 0.2) is 47.4 Å². The number of anilines is 1. The summed E-state index contributed by atoms with van der Waals surface area (Å²) in [7, 11) is 0. The van der Waals surface area contributed by atoms with Crippen molar-refractivity contribution in [3.8, 4) is 0 Å². The molecule has 2 aromatic rings. The van der Waals surface area contributed by atoms with Crippen LogP contribution in [0, 0.1) is 10.1 Å². The maximum atomic E-state index is 13.1. The van der Waals surface area contributed by atoms with Crippen molar-refractivity contribution in [3.05, 3.63) is 63.7 Å². The van der Waals surface area contributed by atoms with Gasteiger partial charge in [0, 0.05) is 28.8 Å². The lowest BCUT2D eigenvalue weighted by atomic mass is 10.1. The van der Waals surface area contributed by atoms with Crippen LogP contribution in [0.3, 0.4) is 0 Å². The molecule has 0 fully saturated rings. The molecule has 2 aromatic carbocycles. The molecule has 9 heteroatoms. The molecular formula is C20H17N3O5S. The monoisotopic (exact) mass is 411 g/mol.